The number of halogens is 3. The van der Waals surface area contributed by atoms with Crippen LogP contribution in [0.15, 0.2) is 85.7 Å². The highest BCUT2D eigenvalue weighted by molar-refractivity contribution is 6.05. The van der Waals surface area contributed by atoms with Crippen molar-refractivity contribution < 1.29 is 24.8 Å². The van der Waals surface area contributed by atoms with Gasteiger partial charge in [-0.1, -0.05) is 6.07 Å². The number of alkyl halides is 3. The van der Waals surface area contributed by atoms with Gasteiger partial charge in [0.2, 0.25) is 5.95 Å². The van der Waals surface area contributed by atoms with Gasteiger partial charge in [0.25, 0.3) is 5.91 Å². The monoisotopic (exact) mass is 534 g/mol. The first-order chi connectivity index (χ1) is 20.7. The van der Waals surface area contributed by atoms with E-state index < -0.39 is 24.5 Å². The summed E-state index contributed by atoms with van der Waals surface area (Å²) in [5.41, 5.74) is 0.207. The van der Waals surface area contributed by atoms with E-state index in [1.54, 1.807) is 31.3 Å². The van der Waals surface area contributed by atoms with E-state index in [4.69, 9.17) is 6.85 Å². The molecule has 5 rings (SSSR count). The summed E-state index contributed by atoms with van der Waals surface area (Å²) in [6.07, 6.45) is 0.143. The van der Waals surface area contributed by atoms with E-state index in [0.717, 1.165) is 29.2 Å². The molecule has 1 amide bonds. The van der Waals surface area contributed by atoms with E-state index in [0.29, 0.717) is 16.8 Å². The lowest BCUT2D eigenvalue weighted by Crippen LogP contribution is -2.14. The zero-order valence-corrected chi connectivity index (χ0v) is 20.2. The molecule has 0 aliphatic heterocycles. The molecule has 0 saturated carbocycles. The summed E-state index contributed by atoms with van der Waals surface area (Å²) in [6.45, 7) is -0.817. The third-order valence-electron chi connectivity index (χ3n) is 5.62. The molecule has 0 unspecified atom stereocenters. The van der Waals surface area contributed by atoms with Gasteiger partial charge in [-0.2, -0.15) is 13.2 Å². The first kappa shape index (κ1) is 20.0. The molecular weight excluding hydrogens is 507 g/mol. The van der Waals surface area contributed by atoms with Crippen molar-refractivity contribution in [2.75, 3.05) is 10.6 Å². The Morgan fingerprint density at radius 1 is 1.13 bits per heavy atom. The number of anilines is 3. The van der Waals surface area contributed by atoms with E-state index in [2.05, 4.69) is 30.6 Å². The normalized spacial score (nSPS) is 13.5. The number of benzene rings is 2. The number of imidazole rings is 1. The maximum atomic E-state index is 13.7. The predicted octanol–water partition coefficient (Wildman–Crippen LogP) is 6.36. The van der Waals surface area contributed by atoms with Crippen LogP contribution >= 0.6 is 0 Å². The average molecular weight is 535 g/mol. The third kappa shape index (κ3) is 5.93. The summed E-state index contributed by atoms with van der Waals surface area (Å²) >= 11 is 0. The Morgan fingerprint density at radius 2 is 2.00 bits per heavy atom. The molecule has 0 bridgehead atoms. The Balaban J connectivity index is 1.44. The quantitative estimate of drug-likeness (QED) is 0.263. The fourth-order valence-corrected chi connectivity index (χ4v) is 3.67. The van der Waals surface area contributed by atoms with E-state index >= 15 is 0 Å². The molecule has 0 fully saturated rings. The van der Waals surface area contributed by atoms with Gasteiger partial charge in [-0.15, -0.1) is 0 Å². The van der Waals surface area contributed by atoms with Crippen LogP contribution in [0.3, 0.4) is 0 Å². The molecule has 2 N–H and O–H groups in total. The molecule has 0 radical (unpaired) electrons. The summed E-state index contributed by atoms with van der Waals surface area (Å²) in [5.74, 6) is -0.739. The van der Waals surface area contributed by atoms with Gasteiger partial charge in [0.1, 0.15) is 0 Å². The second-order valence-electron chi connectivity index (χ2n) is 8.42. The highest BCUT2D eigenvalue weighted by Crippen LogP contribution is 2.33. The van der Waals surface area contributed by atoms with Crippen LogP contribution in [0.25, 0.3) is 16.9 Å². The Hall–Kier alpha value is -5.06. The molecule has 0 atom stereocenters. The average Bonchev–Trinajstić information content (AvgIpc) is 3.47. The molecule has 3 aromatic heterocycles. The van der Waals surface area contributed by atoms with Crippen LogP contribution in [-0.2, 0) is 6.18 Å². The fourth-order valence-electron chi connectivity index (χ4n) is 3.67. The second kappa shape index (κ2) is 10.4. The molecular formula is C28H22F3N7O. The van der Waals surface area contributed by atoms with Crippen molar-refractivity contribution in [1.82, 2.24) is 24.5 Å². The van der Waals surface area contributed by atoms with Crippen molar-refractivity contribution in [1.29, 1.82) is 0 Å². The van der Waals surface area contributed by atoms with Gasteiger partial charge >= 0.3 is 6.18 Å². The van der Waals surface area contributed by atoms with Crippen LogP contribution < -0.4 is 10.6 Å². The van der Waals surface area contributed by atoms with Gasteiger partial charge in [-0.3, -0.25) is 9.78 Å². The molecule has 5 aromatic rings. The number of aryl methyl sites for hydroxylation is 2. The number of pyridine rings is 1. The lowest BCUT2D eigenvalue weighted by Gasteiger charge is -2.14. The van der Waals surface area contributed by atoms with Gasteiger partial charge in [0, 0.05) is 57.1 Å². The molecule has 0 aliphatic carbocycles. The van der Waals surface area contributed by atoms with E-state index in [-0.39, 0.29) is 46.5 Å². The van der Waals surface area contributed by atoms with E-state index in [1.165, 1.54) is 24.4 Å². The number of carbonyl (C=O) groups excluding carboxylic acids is 1. The highest BCUT2D eigenvalue weighted by atomic mass is 19.4. The van der Waals surface area contributed by atoms with Gasteiger partial charge in [-0.05, 0) is 67.8 Å². The summed E-state index contributed by atoms with van der Waals surface area (Å²) in [6, 6.07) is 10.5. The Morgan fingerprint density at radius 3 is 2.74 bits per heavy atom. The van der Waals surface area contributed by atoms with Crippen LogP contribution in [0.1, 0.15) is 34.0 Å². The topological polar surface area (TPSA) is 97.6 Å². The summed E-state index contributed by atoms with van der Waals surface area (Å²) < 4.78 is 81.1. The summed E-state index contributed by atoms with van der Waals surface area (Å²) in [7, 11) is 0. The van der Waals surface area contributed by atoms with Crippen LogP contribution in [-0.4, -0.2) is 30.4 Å². The number of nitrogens with one attached hydrogen (secondary N) is 2. The van der Waals surface area contributed by atoms with Crippen LogP contribution in [0, 0.1) is 13.8 Å². The van der Waals surface area contributed by atoms with Crippen molar-refractivity contribution in [3.8, 4) is 16.9 Å². The number of carbonyl (C=O) groups is 1. The molecule has 0 spiro atoms. The number of hydrogen-bond acceptors (Lipinski definition) is 6. The maximum absolute atomic E-state index is 13.7. The van der Waals surface area contributed by atoms with Crippen molar-refractivity contribution in [2.24, 2.45) is 0 Å². The highest BCUT2D eigenvalue weighted by Gasteiger charge is 2.31. The minimum absolute atomic E-state index is 0.00945. The Bertz CT molecular complexity index is 1860. The lowest BCUT2D eigenvalue weighted by molar-refractivity contribution is -0.137. The number of amides is 1. The van der Waals surface area contributed by atoms with Gasteiger partial charge in [-0.25, -0.2) is 15.0 Å². The van der Waals surface area contributed by atoms with Gasteiger partial charge in [0.05, 0.1) is 26.0 Å². The summed E-state index contributed by atoms with van der Waals surface area (Å²) in [4.78, 5) is 29.4. The number of aromatic nitrogens is 5. The molecule has 2 aromatic carbocycles. The van der Waals surface area contributed by atoms with Crippen LogP contribution in [0.4, 0.5) is 30.5 Å². The molecule has 0 saturated heterocycles. The van der Waals surface area contributed by atoms with Crippen molar-refractivity contribution in [3.63, 3.8) is 0 Å². The zero-order valence-electron chi connectivity index (χ0n) is 25.2. The predicted molar refractivity (Wildman–Crippen MR) is 141 cm³/mol. The Kier molecular flexibility index (Phi) is 5.31. The van der Waals surface area contributed by atoms with E-state index in [9.17, 15) is 18.0 Å². The second-order valence-corrected chi connectivity index (χ2v) is 8.42. The smallest absolute Gasteiger partial charge is 0.324 e. The molecule has 0 aliphatic rings. The van der Waals surface area contributed by atoms with Gasteiger partial charge in [0.15, 0.2) is 0 Å². The van der Waals surface area contributed by atoms with Crippen LogP contribution in [0.2, 0.25) is 0 Å². The van der Waals surface area contributed by atoms with Gasteiger partial charge < -0.3 is 15.2 Å². The summed E-state index contributed by atoms with van der Waals surface area (Å²) in [5, 5.41) is 5.42. The van der Waals surface area contributed by atoms with Crippen molar-refractivity contribution >= 4 is 23.2 Å². The third-order valence-corrected chi connectivity index (χ3v) is 5.62. The number of hydrogen-bond donors (Lipinski definition) is 2. The van der Waals surface area contributed by atoms with Crippen LogP contribution in [0.5, 0.6) is 0 Å². The first-order valence-corrected chi connectivity index (χ1v) is 11.4. The van der Waals surface area contributed by atoms with Crippen molar-refractivity contribution in [3.05, 3.63) is 108 Å². The molecule has 196 valence electrons. The fraction of sp³-hybridized carbons (Fsp3) is 0.107. The van der Waals surface area contributed by atoms with Crippen molar-refractivity contribution in [2.45, 2.75) is 20.0 Å². The zero-order chi connectivity index (χ0) is 31.8. The molecule has 11 heteroatoms. The minimum Gasteiger partial charge on any atom is -0.324 e. The first-order valence-electron chi connectivity index (χ1n) is 13.9. The molecule has 8 nitrogen and oxygen atoms in total. The minimum atomic E-state index is -4.76. The standard InChI is InChI=1S/C28H22F3N7O/c1-17-5-6-19(10-25(17)37-27-33-9-7-24(36-27)20-4-3-8-32-14-20)26(39)35-22-11-21(28(29,30)31)12-23(13-22)38-15-18(2)34-16-38/h3-16H,1-2H3,(H,35,39)(H,33,36,37)/i2D3,7D,9D. The largest absolute Gasteiger partial charge is 0.416 e. The maximum Gasteiger partial charge on any atom is 0.416 e. The SMILES string of the molecule is [2H]c1nc(Nc2cc(C(=O)Nc3cc(-n4cnc(C([2H])([2H])[2H])c4)cc(C(F)(F)F)c3)ccc2C)nc(-c2cccnc2)c1[2H]. The molecule has 39 heavy (non-hydrogen) atoms. The lowest BCUT2D eigenvalue weighted by atomic mass is 10.1. The Labute approximate surface area is 228 Å². The number of rotatable bonds is 6. The van der Waals surface area contributed by atoms with E-state index in [1.807, 2.05) is 0 Å². The molecule has 3 heterocycles. The number of nitrogens with zero attached hydrogens (tertiary/aromatic N) is 5.